The molecular formula is C26H26N4O5. The Hall–Kier alpha value is -4.14. The summed E-state index contributed by atoms with van der Waals surface area (Å²) in [6.45, 7) is -0.103. The van der Waals surface area contributed by atoms with Gasteiger partial charge in [0.2, 0.25) is 0 Å². The number of carbonyl (C=O) groups is 1. The predicted octanol–water partition coefficient (Wildman–Crippen LogP) is 3.36. The van der Waals surface area contributed by atoms with Crippen molar-refractivity contribution >= 4 is 16.9 Å². The number of hydrogen-bond acceptors (Lipinski definition) is 6. The van der Waals surface area contributed by atoms with E-state index in [1.165, 1.54) is 34.2 Å². The first-order valence-corrected chi connectivity index (χ1v) is 11.6. The third-order valence-corrected chi connectivity index (χ3v) is 6.57. The minimum Gasteiger partial charge on any atom is -0.497 e. The van der Waals surface area contributed by atoms with Crippen molar-refractivity contribution in [3.63, 3.8) is 0 Å². The summed E-state index contributed by atoms with van der Waals surface area (Å²) >= 11 is 0. The fraction of sp³-hybridized carbons (Fsp3) is 0.308. The third-order valence-electron chi connectivity index (χ3n) is 6.57. The van der Waals surface area contributed by atoms with Crippen LogP contribution in [0.15, 0.2) is 64.4 Å². The van der Waals surface area contributed by atoms with Crippen LogP contribution in [-0.2, 0) is 6.54 Å². The van der Waals surface area contributed by atoms with E-state index in [-0.39, 0.29) is 29.5 Å². The van der Waals surface area contributed by atoms with Crippen molar-refractivity contribution in [2.45, 2.75) is 38.3 Å². The summed E-state index contributed by atoms with van der Waals surface area (Å²) in [7, 11) is 3.06. The Bertz CT molecular complexity index is 1530. The number of rotatable bonds is 7. The van der Waals surface area contributed by atoms with Crippen LogP contribution in [0.3, 0.4) is 0 Å². The Labute approximate surface area is 201 Å². The van der Waals surface area contributed by atoms with Gasteiger partial charge in [0, 0.05) is 11.6 Å². The van der Waals surface area contributed by atoms with Gasteiger partial charge in [-0.1, -0.05) is 37.1 Å². The monoisotopic (exact) mass is 474 g/mol. The standard InChI is InChI=1S/C26H26N4O5/c1-34-19-11-7-8-17(14-19)21(31)15-28-16-27-24-23(28)25(32)29(18-9-3-4-10-18)26(33)30(24)20-12-5-6-13-22(20)35-2/h5-8,11-14,16,18H,3-4,9-10,15H2,1-2H3. The second-order valence-electron chi connectivity index (χ2n) is 8.60. The number of carbonyl (C=O) groups excluding carboxylic acids is 1. The molecule has 9 heteroatoms. The minimum absolute atomic E-state index is 0.103. The van der Waals surface area contributed by atoms with Gasteiger partial charge in [-0.2, -0.15) is 0 Å². The summed E-state index contributed by atoms with van der Waals surface area (Å²) in [5.41, 5.74) is 0.458. The molecule has 0 aliphatic heterocycles. The molecule has 0 amide bonds. The van der Waals surface area contributed by atoms with Crippen LogP contribution in [0.4, 0.5) is 0 Å². The van der Waals surface area contributed by atoms with Gasteiger partial charge >= 0.3 is 5.69 Å². The van der Waals surface area contributed by atoms with Crippen LogP contribution in [0.25, 0.3) is 16.9 Å². The molecule has 0 atom stereocenters. The zero-order valence-electron chi connectivity index (χ0n) is 19.6. The van der Waals surface area contributed by atoms with Crippen molar-refractivity contribution in [3.05, 3.63) is 81.3 Å². The van der Waals surface area contributed by atoms with Gasteiger partial charge in [0.15, 0.2) is 16.9 Å². The predicted molar refractivity (Wildman–Crippen MR) is 131 cm³/mol. The van der Waals surface area contributed by atoms with Gasteiger partial charge in [-0.05, 0) is 37.1 Å². The van der Waals surface area contributed by atoms with E-state index in [1.54, 1.807) is 42.5 Å². The summed E-state index contributed by atoms with van der Waals surface area (Å²) in [6.07, 6.45) is 4.86. The van der Waals surface area contributed by atoms with Crippen molar-refractivity contribution in [2.24, 2.45) is 0 Å². The number of methoxy groups -OCH3 is 2. The molecule has 9 nitrogen and oxygen atoms in total. The molecule has 4 aromatic rings. The summed E-state index contributed by atoms with van der Waals surface area (Å²) < 4.78 is 15.0. The molecule has 1 saturated carbocycles. The lowest BCUT2D eigenvalue weighted by molar-refractivity contribution is 0.0973. The zero-order chi connectivity index (χ0) is 24.5. The van der Waals surface area contributed by atoms with E-state index >= 15 is 0 Å². The normalized spacial score (nSPS) is 13.9. The van der Waals surface area contributed by atoms with Gasteiger partial charge < -0.3 is 14.0 Å². The van der Waals surface area contributed by atoms with Gasteiger partial charge in [0.1, 0.15) is 11.5 Å². The van der Waals surface area contributed by atoms with E-state index in [4.69, 9.17) is 9.47 Å². The van der Waals surface area contributed by atoms with Crippen LogP contribution in [0.5, 0.6) is 11.5 Å². The fourth-order valence-corrected chi connectivity index (χ4v) is 4.83. The summed E-state index contributed by atoms with van der Waals surface area (Å²) in [5, 5.41) is 0. The number of ether oxygens (including phenoxy) is 2. The highest BCUT2D eigenvalue weighted by Crippen LogP contribution is 2.29. The Morgan fingerprint density at radius 1 is 1.03 bits per heavy atom. The van der Waals surface area contributed by atoms with E-state index in [9.17, 15) is 14.4 Å². The van der Waals surface area contributed by atoms with Gasteiger partial charge in [-0.3, -0.25) is 14.2 Å². The topological polar surface area (TPSA) is 97.4 Å². The van der Waals surface area contributed by atoms with Crippen LogP contribution in [0, 0.1) is 0 Å². The average molecular weight is 475 g/mol. The first-order chi connectivity index (χ1) is 17.0. The summed E-state index contributed by atoms with van der Waals surface area (Å²) in [6, 6.07) is 13.8. The first-order valence-electron chi connectivity index (χ1n) is 11.6. The molecule has 1 aliphatic rings. The Morgan fingerprint density at radius 3 is 2.54 bits per heavy atom. The maximum atomic E-state index is 13.7. The van der Waals surface area contributed by atoms with Crippen molar-refractivity contribution in [3.8, 4) is 17.2 Å². The van der Waals surface area contributed by atoms with Gasteiger partial charge in [-0.15, -0.1) is 0 Å². The molecule has 2 heterocycles. The molecule has 180 valence electrons. The maximum absolute atomic E-state index is 13.7. The van der Waals surface area contributed by atoms with Crippen LogP contribution in [-0.4, -0.2) is 38.7 Å². The quantitative estimate of drug-likeness (QED) is 0.381. The van der Waals surface area contributed by atoms with E-state index in [0.717, 1.165) is 25.7 Å². The second kappa shape index (κ2) is 9.25. The number of benzene rings is 2. The molecule has 1 aliphatic carbocycles. The highest BCUT2D eigenvalue weighted by Gasteiger charge is 2.27. The molecule has 0 spiro atoms. The number of Topliss-reactive ketones (excluding diaryl/α,β-unsaturated/α-hetero) is 1. The van der Waals surface area contributed by atoms with Crippen molar-refractivity contribution < 1.29 is 14.3 Å². The molecule has 0 radical (unpaired) electrons. The molecule has 0 unspecified atom stereocenters. The molecule has 2 aromatic heterocycles. The number of ketones is 1. The molecular weight excluding hydrogens is 448 g/mol. The van der Waals surface area contributed by atoms with Crippen molar-refractivity contribution in [2.75, 3.05) is 14.2 Å². The molecule has 5 rings (SSSR count). The first kappa shape index (κ1) is 22.6. The molecule has 0 saturated heterocycles. The third kappa shape index (κ3) is 3.92. The smallest absolute Gasteiger partial charge is 0.337 e. The maximum Gasteiger partial charge on any atom is 0.337 e. The number of hydrogen-bond donors (Lipinski definition) is 0. The lowest BCUT2D eigenvalue weighted by Crippen LogP contribution is -2.42. The molecule has 1 fully saturated rings. The Morgan fingerprint density at radius 2 is 1.80 bits per heavy atom. The molecule has 0 bridgehead atoms. The summed E-state index contributed by atoms with van der Waals surface area (Å²) in [5.74, 6) is 0.847. The molecule has 35 heavy (non-hydrogen) atoms. The number of fused-ring (bicyclic) bond motifs is 1. The highest BCUT2D eigenvalue weighted by atomic mass is 16.5. The van der Waals surface area contributed by atoms with Crippen LogP contribution in [0.2, 0.25) is 0 Å². The number of imidazole rings is 1. The van der Waals surface area contributed by atoms with Crippen LogP contribution < -0.4 is 20.7 Å². The van der Waals surface area contributed by atoms with E-state index in [1.807, 2.05) is 6.07 Å². The van der Waals surface area contributed by atoms with Crippen LogP contribution >= 0.6 is 0 Å². The molecule has 2 aromatic carbocycles. The Balaban J connectivity index is 1.72. The number of nitrogens with zero attached hydrogens (tertiary/aromatic N) is 4. The van der Waals surface area contributed by atoms with E-state index < -0.39 is 11.2 Å². The Kier molecular flexibility index (Phi) is 5.98. The van der Waals surface area contributed by atoms with Crippen LogP contribution in [0.1, 0.15) is 42.1 Å². The van der Waals surface area contributed by atoms with E-state index in [2.05, 4.69) is 4.98 Å². The second-order valence-corrected chi connectivity index (χ2v) is 8.60. The minimum atomic E-state index is -0.455. The highest BCUT2D eigenvalue weighted by molar-refractivity contribution is 5.97. The van der Waals surface area contributed by atoms with Crippen molar-refractivity contribution in [1.29, 1.82) is 0 Å². The SMILES string of the molecule is COc1cccc(C(=O)Cn2cnc3c2c(=O)n(C2CCCC2)c(=O)n3-c2ccccc2OC)c1. The summed E-state index contributed by atoms with van der Waals surface area (Å²) in [4.78, 5) is 44.9. The van der Waals surface area contributed by atoms with E-state index in [0.29, 0.717) is 22.7 Å². The van der Waals surface area contributed by atoms with Crippen molar-refractivity contribution in [1.82, 2.24) is 18.7 Å². The lowest BCUT2D eigenvalue weighted by atomic mass is 10.1. The average Bonchev–Trinajstić information content (AvgIpc) is 3.55. The number of aromatic nitrogens is 4. The van der Waals surface area contributed by atoms with Gasteiger partial charge in [-0.25, -0.2) is 14.3 Å². The van der Waals surface area contributed by atoms with Gasteiger partial charge in [0.05, 0.1) is 32.8 Å². The zero-order valence-corrected chi connectivity index (χ0v) is 19.6. The fourth-order valence-electron chi connectivity index (χ4n) is 4.83. The van der Waals surface area contributed by atoms with Gasteiger partial charge in [0.25, 0.3) is 5.56 Å². The number of para-hydroxylation sites is 2. The lowest BCUT2D eigenvalue weighted by Gasteiger charge is -2.18. The largest absolute Gasteiger partial charge is 0.497 e. The molecule has 0 N–H and O–H groups in total.